The molecule has 2 aromatic rings. The number of ether oxygens (including phenoxy) is 1. The Kier molecular flexibility index (Phi) is 11.4. The number of hydrogen-bond donors (Lipinski definition) is 2. The number of hydrogen-bond acceptors (Lipinski definition) is 6. The highest BCUT2D eigenvalue weighted by atomic mass is 16.5. The zero-order chi connectivity index (χ0) is 40.2. The van der Waals surface area contributed by atoms with E-state index in [1.807, 2.05) is 140 Å². The SMILES string of the molecule is C=CC(=O)N1C(C)(C)CC(OC(=O)C(C#N)(Cc2cc(C(C)(C)C)c(O)c(C(C)(C)C)c2)Cc2cc(C(C)(C)C)c(O)c(C(C)(C)C)c2)CC1(C)C. The molecule has 2 aromatic carbocycles. The van der Waals surface area contributed by atoms with Crippen LogP contribution >= 0.6 is 0 Å². The van der Waals surface area contributed by atoms with Gasteiger partial charge in [0.1, 0.15) is 17.6 Å². The van der Waals surface area contributed by atoms with Crippen LogP contribution in [0.1, 0.15) is 157 Å². The van der Waals surface area contributed by atoms with E-state index in [9.17, 15) is 25.1 Å². The monoisotopic (exact) mass is 714 g/mol. The lowest BCUT2D eigenvalue weighted by Crippen LogP contribution is -2.64. The second kappa shape index (κ2) is 13.9. The third-order valence-corrected chi connectivity index (χ3v) is 10.5. The van der Waals surface area contributed by atoms with Gasteiger partial charge in [0.25, 0.3) is 0 Å². The minimum atomic E-state index is -1.66. The minimum absolute atomic E-state index is 0.0476. The van der Waals surface area contributed by atoms with Crippen molar-refractivity contribution in [2.45, 2.75) is 175 Å². The van der Waals surface area contributed by atoms with E-state index < -0.39 is 50.2 Å². The van der Waals surface area contributed by atoms with Crippen molar-refractivity contribution < 1.29 is 24.5 Å². The molecule has 2 N–H and O–H groups in total. The van der Waals surface area contributed by atoms with E-state index in [4.69, 9.17) is 4.74 Å². The summed E-state index contributed by atoms with van der Waals surface area (Å²) in [6.07, 6.45) is 1.65. The van der Waals surface area contributed by atoms with Crippen LogP contribution in [-0.4, -0.2) is 44.2 Å². The molecule has 1 amide bonds. The number of esters is 1. The largest absolute Gasteiger partial charge is 0.507 e. The lowest BCUT2D eigenvalue weighted by Gasteiger charge is -2.54. The summed E-state index contributed by atoms with van der Waals surface area (Å²) < 4.78 is 6.44. The van der Waals surface area contributed by atoms with E-state index in [-0.39, 0.29) is 30.2 Å². The summed E-state index contributed by atoms with van der Waals surface area (Å²) in [5, 5.41) is 34.3. The first-order valence-corrected chi connectivity index (χ1v) is 18.6. The number of carbonyl (C=O) groups is 2. The molecule has 1 heterocycles. The number of aromatic hydroxyl groups is 2. The predicted octanol–water partition coefficient (Wildman–Crippen LogP) is 9.86. The first-order valence-electron chi connectivity index (χ1n) is 18.6. The smallest absolute Gasteiger partial charge is 0.327 e. The van der Waals surface area contributed by atoms with Gasteiger partial charge in [-0.25, -0.2) is 0 Å². The van der Waals surface area contributed by atoms with Gasteiger partial charge in [-0.2, -0.15) is 5.26 Å². The fourth-order valence-corrected chi connectivity index (χ4v) is 8.13. The van der Waals surface area contributed by atoms with Crippen LogP contribution in [0.25, 0.3) is 0 Å². The van der Waals surface area contributed by atoms with Gasteiger partial charge in [0.2, 0.25) is 5.91 Å². The second-order valence-corrected chi connectivity index (χ2v) is 20.6. The Morgan fingerprint density at radius 2 is 1.06 bits per heavy atom. The summed E-state index contributed by atoms with van der Waals surface area (Å²) in [6, 6.07) is 10.2. The molecule has 1 aliphatic heterocycles. The molecule has 0 atom stereocenters. The maximum atomic E-state index is 14.9. The molecule has 0 unspecified atom stereocenters. The van der Waals surface area contributed by atoms with Crippen LogP contribution in [0.2, 0.25) is 0 Å². The average molecular weight is 715 g/mol. The molecule has 0 aromatic heterocycles. The van der Waals surface area contributed by atoms with E-state index in [1.165, 1.54) is 6.08 Å². The number of benzene rings is 2. The number of rotatable bonds is 7. The fourth-order valence-electron chi connectivity index (χ4n) is 8.13. The molecule has 286 valence electrons. The van der Waals surface area contributed by atoms with Crippen molar-refractivity contribution in [3.63, 3.8) is 0 Å². The van der Waals surface area contributed by atoms with Crippen LogP contribution in [0.4, 0.5) is 0 Å². The Morgan fingerprint density at radius 3 is 1.31 bits per heavy atom. The summed E-state index contributed by atoms with van der Waals surface area (Å²) in [5.41, 5.74) is -0.123. The summed E-state index contributed by atoms with van der Waals surface area (Å²) in [5.74, 6) is -0.357. The van der Waals surface area contributed by atoms with Gasteiger partial charge in [-0.1, -0.05) is 114 Å². The number of phenols is 2. The van der Waals surface area contributed by atoms with Gasteiger partial charge in [0, 0.05) is 36.8 Å². The molecule has 1 saturated heterocycles. The van der Waals surface area contributed by atoms with E-state index in [2.05, 4.69) is 12.6 Å². The maximum Gasteiger partial charge on any atom is 0.327 e. The van der Waals surface area contributed by atoms with Gasteiger partial charge >= 0.3 is 5.97 Å². The van der Waals surface area contributed by atoms with Gasteiger partial charge in [0.05, 0.1) is 6.07 Å². The van der Waals surface area contributed by atoms with Crippen molar-refractivity contribution in [3.8, 4) is 17.6 Å². The Hall–Kier alpha value is -3.79. The normalized spacial score (nSPS) is 17.0. The van der Waals surface area contributed by atoms with Gasteiger partial charge in [-0.05, 0) is 88.8 Å². The second-order valence-electron chi connectivity index (χ2n) is 20.6. The van der Waals surface area contributed by atoms with Crippen molar-refractivity contribution >= 4 is 11.9 Å². The molecule has 1 fully saturated rings. The van der Waals surface area contributed by atoms with Crippen molar-refractivity contribution in [1.29, 1.82) is 5.26 Å². The number of amides is 1. The number of nitriles is 1. The van der Waals surface area contributed by atoms with E-state index in [0.717, 1.165) is 33.4 Å². The van der Waals surface area contributed by atoms with Crippen LogP contribution in [0.5, 0.6) is 11.5 Å². The Bertz CT molecular complexity index is 1570. The third-order valence-electron chi connectivity index (χ3n) is 10.5. The molecule has 0 aliphatic carbocycles. The maximum absolute atomic E-state index is 14.9. The standard InChI is InChI=1S/C45H66N2O5/c1-18-35(48)47-43(14,15)25-30(26-44(47,16)17)52-38(51)45(27-46,23-28-19-31(39(2,3)4)36(49)32(20-28)40(5,6)7)24-29-21-33(41(8,9)10)37(50)34(22-29)42(11,12)13/h18-22,30,49-50H,1,23-26H2,2-17H3. The number of phenolic OH excluding ortho intramolecular Hbond substituents is 2. The molecular weight excluding hydrogens is 649 g/mol. The highest BCUT2D eigenvalue weighted by Crippen LogP contribution is 2.45. The zero-order valence-electron chi connectivity index (χ0n) is 35.0. The highest BCUT2D eigenvalue weighted by Gasteiger charge is 2.50. The molecule has 0 spiro atoms. The zero-order valence-corrected chi connectivity index (χ0v) is 35.0. The topological polar surface area (TPSA) is 111 Å². The summed E-state index contributed by atoms with van der Waals surface area (Å²) in [6.45, 7) is 36.0. The van der Waals surface area contributed by atoms with Gasteiger partial charge in [0.15, 0.2) is 5.41 Å². The minimum Gasteiger partial charge on any atom is -0.507 e. The molecule has 3 rings (SSSR count). The average Bonchev–Trinajstić information content (AvgIpc) is 2.94. The van der Waals surface area contributed by atoms with Gasteiger partial charge in [-0.15, -0.1) is 0 Å². The molecule has 1 aliphatic rings. The van der Waals surface area contributed by atoms with Crippen molar-refractivity contribution in [3.05, 3.63) is 70.3 Å². The van der Waals surface area contributed by atoms with Crippen molar-refractivity contribution in [2.75, 3.05) is 0 Å². The van der Waals surface area contributed by atoms with Crippen LogP contribution in [0, 0.1) is 16.7 Å². The highest BCUT2D eigenvalue weighted by molar-refractivity contribution is 5.88. The van der Waals surface area contributed by atoms with Gasteiger partial charge < -0.3 is 19.8 Å². The van der Waals surface area contributed by atoms with Crippen LogP contribution < -0.4 is 0 Å². The first-order chi connectivity index (χ1) is 23.3. The number of piperidine rings is 1. The predicted molar refractivity (Wildman–Crippen MR) is 211 cm³/mol. The van der Waals surface area contributed by atoms with Gasteiger partial charge in [-0.3, -0.25) is 9.59 Å². The molecule has 0 saturated carbocycles. The molecule has 7 nitrogen and oxygen atoms in total. The summed E-state index contributed by atoms with van der Waals surface area (Å²) >= 11 is 0. The quantitative estimate of drug-likeness (QED) is 0.218. The summed E-state index contributed by atoms with van der Waals surface area (Å²) in [4.78, 5) is 29.7. The molecule has 0 radical (unpaired) electrons. The third kappa shape index (κ3) is 8.87. The molecule has 7 heteroatoms. The fraction of sp³-hybridized carbons (Fsp3) is 0.622. The van der Waals surface area contributed by atoms with Crippen LogP contribution in [0.15, 0.2) is 36.9 Å². The van der Waals surface area contributed by atoms with Crippen molar-refractivity contribution in [1.82, 2.24) is 4.90 Å². The lowest BCUT2D eigenvalue weighted by molar-refractivity contribution is -0.171. The summed E-state index contributed by atoms with van der Waals surface area (Å²) in [7, 11) is 0. The van der Waals surface area contributed by atoms with Crippen LogP contribution in [0.3, 0.4) is 0 Å². The van der Waals surface area contributed by atoms with E-state index in [1.54, 1.807) is 0 Å². The molecule has 52 heavy (non-hydrogen) atoms. The Balaban J connectivity index is 2.30. The molecule has 0 bridgehead atoms. The first kappa shape index (κ1) is 42.6. The van der Waals surface area contributed by atoms with Crippen molar-refractivity contribution in [2.24, 2.45) is 5.41 Å². The number of likely N-dealkylation sites (tertiary alicyclic amines) is 1. The molecular formula is C45H66N2O5. The number of nitrogens with zero attached hydrogens (tertiary/aromatic N) is 2. The van der Waals surface area contributed by atoms with E-state index in [0.29, 0.717) is 12.8 Å². The van der Waals surface area contributed by atoms with Crippen LogP contribution in [-0.2, 0) is 48.8 Å². The number of carbonyl (C=O) groups excluding carboxylic acids is 2. The Labute approximate surface area is 314 Å². The van der Waals surface area contributed by atoms with E-state index >= 15 is 0 Å². The Morgan fingerprint density at radius 1 is 0.750 bits per heavy atom. The lowest BCUT2D eigenvalue weighted by atomic mass is 9.72.